The van der Waals surface area contributed by atoms with E-state index in [-0.39, 0.29) is 17.5 Å². The summed E-state index contributed by atoms with van der Waals surface area (Å²) in [6.45, 7) is 6.28. The standard InChI is InChI=1S/C16H26N4O/c1-16(2,3)20-10-12(9-17-20)18-15(21)14-8-11-6-4-5-7-13(11)19-14/h9-11,13-14,19H,4-8H2,1-3H3,(H,18,21)/t11-,13+,14+/m1/s1. The van der Waals surface area contributed by atoms with Crippen LogP contribution in [0.15, 0.2) is 12.4 Å². The summed E-state index contributed by atoms with van der Waals surface area (Å²) in [5.41, 5.74) is 0.718. The molecule has 2 fully saturated rings. The molecule has 0 aromatic carbocycles. The second-order valence-electron chi connectivity index (χ2n) is 7.44. The van der Waals surface area contributed by atoms with Crippen LogP contribution in [-0.4, -0.2) is 27.8 Å². The van der Waals surface area contributed by atoms with Gasteiger partial charge in [-0.15, -0.1) is 0 Å². The lowest BCUT2D eigenvalue weighted by Crippen LogP contribution is -2.39. The number of carbonyl (C=O) groups excluding carboxylic acids is 1. The van der Waals surface area contributed by atoms with Crippen LogP contribution in [0, 0.1) is 5.92 Å². The summed E-state index contributed by atoms with van der Waals surface area (Å²) in [4.78, 5) is 12.4. The zero-order valence-electron chi connectivity index (χ0n) is 13.2. The second kappa shape index (κ2) is 5.44. The van der Waals surface area contributed by atoms with Gasteiger partial charge < -0.3 is 10.6 Å². The predicted octanol–water partition coefficient (Wildman–Crippen LogP) is 2.50. The Labute approximate surface area is 126 Å². The molecule has 1 aliphatic heterocycles. The first-order valence-electron chi connectivity index (χ1n) is 8.05. The summed E-state index contributed by atoms with van der Waals surface area (Å²) in [5.74, 6) is 0.768. The molecule has 2 N–H and O–H groups in total. The first-order chi connectivity index (χ1) is 9.93. The van der Waals surface area contributed by atoms with Gasteiger partial charge in [0.05, 0.1) is 23.5 Å². The lowest BCUT2D eigenvalue weighted by Gasteiger charge is -2.24. The molecule has 116 valence electrons. The van der Waals surface area contributed by atoms with E-state index in [0.717, 1.165) is 12.1 Å². The Bertz CT molecular complexity index is 503. The molecule has 3 rings (SSSR count). The van der Waals surface area contributed by atoms with Crippen molar-refractivity contribution < 1.29 is 4.79 Å². The molecule has 1 aromatic rings. The number of amides is 1. The fourth-order valence-electron chi connectivity index (χ4n) is 3.50. The highest BCUT2D eigenvalue weighted by Gasteiger charge is 2.38. The Hall–Kier alpha value is -1.36. The van der Waals surface area contributed by atoms with Crippen molar-refractivity contribution in [2.45, 2.75) is 70.5 Å². The maximum Gasteiger partial charge on any atom is 0.241 e. The molecule has 1 aromatic heterocycles. The van der Waals surface area contributed by atoms with E-state index in [1.54, 1.807) is 6.20 Å². The molecule has 21 heavy (non-hydrogen) atoms. The number of carbonyl (C=O) groups is 1. The van der Waals surface area contributed by atoms with Crippen LogP contribution in [0.3, 0.4) is 0 Å². The van der Waals surface area contributed by atoms with Crippen LogP contribution in [0.5, 0.6) is 0 Å². The van der Waals surface area contributed by atoms with Crippen LogP contribution in [0.25, 0.3) is 0 Å². The van der Waals surface area contributed by atoms with E-state index in [2.05, 4.69) is 36.5 Å². The minimum atomic E-state index is -0.0659. The molecule has 3 atom stereocenters. The van der Waals surface area contributed by atoms with Crippen molar-refractivity contribution in [2.75, 3.05) is 5.32 Å². The van der Waals surface area contributed by atoms with Crippen molar-refractivity contribution in [1.82, 2.24) is 15.1 Å². The molecular formula is C16H26N4O. The highest BCUT2D eigenvalue weighted by molar-refractivity contribution is 5.94. The number of nitrogens with zero attached hydrogens (tertiary/aromatic N) is 2. The summed E-state index contributed by atoms with van der Waals surface area (Å²) in [6.07, 6.45) is 9.70. The molecule has 1 saturated heterocycles. The number of rotatable bonds is 2. The van der Waals surface area contributed by atoms with Crippen molar-refractivity contribution in [3.63, 3.8) is 0 Å². The first kappa shape index (κ1) is 14.6. The Morgan fingerprint density at radius 3 is 2.81 bits per heavy atom. The SMILES string of the molecule is CC(C)(C)n1cc(NC(=O)[C@@H]2C[C@H]3CCCC[C@@H]3N2)cn1. The first-order valence-corrected chi connectivity index (χ1v) is 8.05. The molecule has 0 spiro atoms. The molecule has 2 aliphatic rings. The molecule has 0 bridgehead atoms. The van der Waals surface area contributed by atoms with E-state index >= 15 is 0 Å². The van der Waals surface area contributed by atoms with Gasteiger partial charge in [0.2, 0.25) is 5.91 Å². The quantitative estimate of drug-likeness (QED) is 0.880. The third-order valence-corrected chi connectivity index (χ3v) is 4.72. The van der Waals surface area contributed by atoms with Crippen molar-refractivity contribution in [2.24, 2.45) is 5.92 Å². The van der Waals surface area contributed by atoms with Crippen LogP contribution < -0.4 is 10.6 Å². The van der Waals surface area contributed by atoms with Crippen molar-refractivity contribution >= 4 is 11.6 Å². The molecule has 1 aliphatic carbocycles. The zero-order chi connectivity index (χ0) is 15.0. The smallest absolute Gasteiger partial charge is 0.241 e. The monoisotopic (exact) mass is 290 g/mol. The van der Waals surface area contributed by atoms with Gasteiger partial charge in [0.15, 0.2) is 0 Å². The summed E-state index contributed by atoms with van der Waals surface area (Å²) in [5, 5.41) is 10.8. The number of fused-ring (bicyclic) bond motifs is 1. The summed E-state index contributed by atoms with van der Waals surface area (Å²) >= 11 is 0. The maximum atomic E-state index is 12.4. The van der Waals surface area contributed by atoms with E-state index in [1.165, 1.54) is 25.7 Å². The van der Waals surface area contributed by atoms with Crippen LogP contribution >= 0.6 is 0 Å². The average molecular weight is 290 g/mol. The van der Waals surface area contributed by atoms with Crippen molar-refractivity contribution in [3.8, 4) is 0 Å². The number of anilines is 1. The van der Waals surface area contributed by atoms with Gasteiger partial charge in [0, 0.05) is 12.2 Å². The third-order valence-electron chi connectivity index (χ3n) is 4.72. The predicted molar refractivity (Wildman–Crippen MR) is 83.1 cm³/mol. The van der Waals surface area contributed by atoms with Crippen molar-refractivity contribution in [1.29, 1.82) is 0 Å². The highest BCUT2D eigenvalue weighted by atomic mass is 16.2. The van der Waals surface area contributed by atoms with Crippen molar-refractivity contribution in [3.05, 3.63) is 12.4 Å². The van der Waals surface area contributed by atoms with E-state index in [4.69, 9.17) is 0 Å². The largest absolute Gasteiger partial charge is 0.322 e. The van der Waals surface area contributed by atoms with Gasteiger partial charge in [-0.05, 0) is 46.0 Å². The summed E-state index contributed by atoms with van der Waals surface area (Å²) in [7, 11) is 0. The van der Waals surface area contributed by atoms with Gasteiger partial charge in [0.25, 0.3) is 0 Å². The lowest BCUT2D eigenvalue weighted by molar-refractivity contribution is -0.117. The second-order valence-corrected chi connectivity index (χ2v) is 7.44. The van der Waals surface area contributed by atoms with Crippen LogP contribution in [-0.2, 0) is 10.3 Å². The van der Waals surface area contributed by atoms with E-state index in [9.17, 15) is 4.79 Å². The fourth-order valence-corrected chi connectivity index (χ4v) is 3.50. The van der Waals surface area contributed by atoms with Gasteiger partial charge in [-0.3, -0.25) is 9.48 Å². The molecule has 0 radical (unpaired) electrons. The molecule has 2 heterocycles. The van der Waals surface area contributed by atoms with Crippen LogP contribution in [0.4, 0.5) is 5.69 Å². The molecule has 0 unspecified atom stereocenters. The molecule has 5 nitrogen and oxygen atoms in total. The van der Waals surface area contributed by atoms with Crippen LogP contribution in [0.1, 0.15) is 52.9 Å². The fraction of sp³-hybridized carbons (Fsp3) is 0.750. The Kier molecular flexibility index (Phi) is 3.78. The topological polar surface area (TPSA) is 59.0 Å². The number of hydrogen-bond donors (Lipinski definition) is 2. The van der Waals surface area contributed by atoms with Gasteiger partial charge in [0.1, 0.15) is 0 Å². The Morgan fingerprint density at radius 1 is 1.38 bits per heavy atom. The average Bonchev–Trinajstić information content (AvgIpc) is 3.03. The van der Waals surface area contributed by atoms with E-state index in [1.807, 2.05) is 10.9 Å². The lowest BCUT2D eigenvalue weighted by atomic mass is 9.85. The number of hydrogen-bond acceptors (Lipinski definition) is 3. The van der Waals surface area contributed by atoms with Gasteiger partial charge in [-0.2, -0.15) is 5.10 Å². The number of nitrogens with one attached hydrogen (secondary N) is 2. The zero-order valence-corrected chi connectivity index (χ0v) is 13.2. The Balaban J connectivity index is 1.60. The van der Waals surface area contributed by atoms with Gasteiger partial charge >= 0.3 is 0 Å². The maximum absolute atomic E-state index is 12.4. The Morgan fingerprint density at radius 2 is 2.14 bits per heavy atom. The molecular weight excluding hydrogens is 264 g/mol. The number of aromatic nitrogens is 2. The molecule has 1 saturated carbocycles. The summed E-state index contributed by atoms with van der Waals surface area (Å²) < 4.78 is 1.88. The van der Waals surface area contributed by atoms with Crippen LogP contribution in [0.2, 0.25) is 0 Å². The third kappa shape index (κ3) is 3.12. The minimum absolute atomic E-state index is 0.0453. The van der Waals surface area contributed by atoms with Gasteiger partial charge in [-0.1, -0.05) is 12.8 Å². The molecule has 5 heteroatoms. The molecule has 1 amide bonds. The van der Waals surface area contributed by atoms with E-state index < -0.39 is 0 Å². The summed E-state index contributed by atoms with van der Waals surface area (Å²) in [6, 6.07) is 0.503. The van der Waals surface area contributed by atoms with E-state index in [0.29, 0.717) is 12.0 Å². The minimum Gasteiger partial charge on any atom is -0.322 e. The normalized spacial score (nSPS) is 29.2. The van der Waals surface area contributed by atoms with Gasteiger partial charge in [-0.25, -0.2) is 0 Å². The highest BCUT2D eigenvalue weighted by Crippen LogP contribution is 2.33.